The van der Waals surface area contributed by atoms with Crippen molar-refractivity contribution in [1.82, 2.24) is 9.29 Å². The summed E-state index contributed by atoms with van der Waals surface area (Å²) >= 11 is 1.52. The molecule has 3 heterocycles. The van der Waals surface area contributed by atoms with Crippen LogP contribution in [0.3, 0.4) is 0 Å². The number of hydrogen-bond donors (Lipinski definition) is 0. The van der Waals surface area contributed by atoms with E-state index in [1.54, 1.807) is 0 Å². The molecule has 0 N–H and O–H groups in total. The standard InChI is InChI=1S/C26H22F2N2O5S2/c27-20-6-5-19(13-21(20)28)37(31,32)30-8-10-34-25-17(14-30)11-16(12-23(25)35-18-7-9-33-15-18)26-29-22-3-1-2-4-24(22)36-26/h1-6,11-13,18H,7-10,14-15H2. The maximum Gasteiger partial charge on any atom is 0.243 e. The molecule has 3 aromatic carbocycles. The van der Waals surface area contributed by atoms with Crippen LogP contribution in [0.25, 0.3) is 20.8 Å². The fraction of sp³-hybridized carbons (Fsp3) is 0.269. The van der Waals surface area contributed by atoms with E-state index in [-0.39, 0.29) is 30.7 Å². The van der Waals surface area contributed by atoms with Crippen LogP contribution in [0.1, 0.15) is 12.0 Å². The molecule has 1 fully saturated rings. The maximum absolute atomic E-state index is 13.9. The van der Waals surface area contributed by atoms with E-state index in [1.165, 1.54) is 15.6 Å². The average Bonchev–Trinajstić information content (AvgIpc) is 3.50. The highest BCUT2D eigenvalue weighted by Crippen LogP contribution is 2.42. The zero-order valence-corrected chi connectivity index (χ0v) is 21.2. The zero-order valence-electron chi connectivity index (χ0n) is 19.5. The molecular formula is C26H22F2N2O5S2. The van der Waals surface area contributed by atoms with Crippen LogP contribution in [0.5, 0.6) is 11.5 Å². The van der Waals surface area contributed by atoms with Crippen molar-refractivity contribution in [1.29, 1.82) is 0 Å². The van der Waals surface area contributed by atoms with Gasteiger partial charge in [0.05, 0.1) is 28.3 Å². The van der Waals surface area contributed by atoms with E-state index in [0.717, 1.165) is 39.3 Å². The number of nitrogens with zero attached hydrogens (tertiary/aromatic N) is 2. The Kier molecular flexibility index (Phi) is 6.31. The lowest BCUT2D eigenvalue weighted by atomic mass is 10.1. The smallest absolute Gasteiger partial charge is 0.243 e. The number of thiazole rings is 1. The minimum absolute atomic E-state index is 0.0262. The lowest BCUT2D eigenvalue weighted by Gasteiger charge is -2.20. The molecule has 1 saturated heterocycles. The van der Waals surface area contributed by atoms with Crippen molar-refractivity contribution in [3.05, 3.63) is 71.8 Å². The molecule has 0 aliphatic carbocycles. The number of aromatic nitrogens is 1. The second-order valence-electron chi connectivity index (χ2n) is 8.82. The Morgan fingerprint density at radius 3 is 2.70 bits per heavy atom. The van der Waals surface area contributed by atoms with Crippen LogP contribution in [0.2, 0.25) is 0 Å². The lowest BCUT2D eigenvalue weighted by Crippen LogP contribution is -2.32. The fourth-order valence-electron chi connectivity index (χ4n) is 4.44. The van der Waals surface area contributed by atoms with E-state index in [0.29, 0.717) is 36.3 Å². The molecule has 37 heavy (non-hydrogen) atoms. The molecule has 1 unspecified atom stereocenters. The van der Waals surface area contributed by atoms with Gasteiger partial charge >= 0.3 is 0 Å². The third-order valence-electron chi connectivity index (χ3n) is 6.32. The topological polar surface area (TPSA) is 78.0 Å². The number of sulfonamides is 1. The SMILES string of the molecule is O=S(=O)(c1ccc(F)c(F)c1)N1CCOc2c(cc(-c3nc4ccccc4s3)cc2OC2CCOC2)C1. The van der Waals surface area contributed by atoms with Crippen LogP contribution < -0.4 is 9.47 Å². The third kappa shape index (κ3) is 4.68. The Hall–Kier alpha value is -3.12. The van der Waals surface area contributed by atoms with E-state index < -0.39 is 21.7 Å². The molecule has 0 amide bonds. The van der Waals surface area contributed by atoms with Crippen molar-refractivity contribution in [2.75, 3.05) is 26.4 Å². The summed E-state index contributed by atoms with van der Waals surface area (Å²) in [6, 6.07) is 14.1. The normalized spacial score (nSPS) is 18.4. The highest BCUT2D eigenvalue weighted by atomic mass is 32.2. The van der Waals surface area contributed by atoms with Gasteiger partial charge in [-0.2, -0.15) is 4.31 Å². The van der Waals surface area contributed by atoms with Crippen LogP contribution in [0, 0.1) is 11.6 Å². The molecule has 0 bridgehead atoms. The van der Waals surface area contributed by atoms with Gasteiger partial charge in [0.15, 0.2) is 23.1 Å². The van der Waals surface area contributed by atoms with Crippen LogP contribution in [-0.4, -0.2) is 50.2 Å². The van der Waals surface area contributed by atoms with Crippen LogP contribution in [0.4, 0.5) is 8.78 Å². The number of hydrogen-bond acceptors (Lipinski definition) is 7. The summed E-state index contributed by atoms with van der Waals surface area (Å²) < 4.78 is 74.0. The highest BCUT2D eigenvalue weighted by Gasteiger charge is 2.31. The quantitative estimate of drug-likeness (QED) is 0.352. The van der Waals surface area contributed by atoms with Gasteiger partial charge in [-0.3, -0.25) is 0 Å². The Bertz CT molecular complexity index is 1550. The second-order valence-corrected chi connectivity index (χ2v) is 11.8. The van der Waals surface area contributed by atoms with Crippen molar-refractivity contribution in [2.24, 2.45) is 0 Å². The van der Waals surface area contributed by atoms with Gasteiger partial charge in [-0.15, -0.1) is 11.3 Å². The van der Waals surface area contributed by atoms with Crippen LogP contribution >= 0.6 is 11.3 Å². The Morgan fingerprint density at radius 2 is 1.92 bits per heavy atom. The largest absolute Gasteiger partial charge is 0.488 e. The third-order valence-corrected chi connectivity index (χ3v) is 9.24. The van der Waals surface area contributed by atoms with Crippen molar-refractivity contribution in [3.8, 4) is 22.1 Å². The van der Waals surface area contributed by atoms with E-state index >= 15 is 0 Å². The monoisotopic (exact) mass is 544 g/mol. The first kappa shape index (κ1) is 24.2. The Labute approximate surface area is 216 Å². The van der Waals surface area contributed by atoms with E-state index in [2.05, 4.69) is 0 Å². The number of benzene rings is 3. The van der Waals surface area contributed by atoms with Crippen molar-refractivity contribution >= 4 is 31.6 Å². The first-order valence-electron chi connectivity index (χ1n) is 11.7. The van der Waals surface area contributed by atoms with E-state index in [1.807, 2.05) is 36.4 Å². The fourth-order valence-corrected chi connectivity index (χ4v) is 6.81. The first-order chi connectivity index (χ1) is 17.9. The van der Waals surface area contributed by atoms with Crippen molar-refractivity contribution in [3.63, 3.8) is 0 Å². The van der Waals surface area contributed by atoms with Gasteiger partial charge in [0.2, 0.25) is 10.0 Å². The molecule has 2 aliphatic rings. The molecule has 7 nitrogen and oxygen atoms in total. The number of rotatable bonds is 5. The van der Waals surface area contributed by atoms with Gasteiger partial charge < -0.3 is 14.2 Å². The Morgan fingerprint density at radius 1 is 1.05 bits per heavy atom. The second kappa shape index (κ2) is 9.64. The molecular weight excluding hydrogens is 522 g/mol. The summed E-state index contributed by atoms with van der Waals surface area (Å²) in [5.41, 5.74) is 2.22. The van der Waals surface area contributed by atoms with E-state index in [4.69, 9.17) is 19.2 Å². The minimum Gasteiger partial charge on any atom is -0.488 e. The summed E-state index contributed by atoms with van der Waals surface area (Å²) in [7, 11) is -4.13. The summed E-state index contributed by atoms with van der Waals surface area (Å²) in [5, 5.41) is 0.760. The maximum atomic E-state index is 13.9. The van der Waals surface area contributed by atoms with Gasteiger partial charge in [-0.25, -0.2) is 22.2 Å². The van der Waals surface area contributed by atoms with Crippen LogP contribution in [0.15, 0.2) is 59.5 Å². The molecule has 192 valence electrons. The summed E-state index contributed by atoms with van der Waals surface area (Å²) in [6.45, 7) is 1.11. The minimum atomic E-state index is -4.13. The highest BCUT2D eigenvalue weighted by molar-refractivity contribution is 7.89. The molecule has 1 atom stereocenters. The summed E-state index contributed by atoms with van der Waals surface area (Å²) in [6.07, 6.45) is 0.583. The zero-order chi connectivity index (χ0) is 25.6. The molecule has 2 aliphatic heterocycles. The number of fused-ring (bicyclic) bond motifs is 2. The predicted octanol–water partition coefficient (Wildman–Crippen LogP) is 4.99. The van der Waals surface area contributed by atoms with Crippen molar-refractivity contribution < 1.29 is 31.4 Å². The van der Waals surface area contributed by atoms with Crippen molar-refractivity contribution in [2.45, 2.75) is 24.0 Å². The van der Waals surface area contributed by atoms with Gasteiger partial charge in [0.25, 0.3) is 0 Å². The van der Waals surface area contributed by atoms with Crippen LogP contribution in [-0.2, 0) is 21.3 Å². The number of halogens is 2. The number of para-hydroxylation sites is 1. The van der Waals surface area contributed by atoms with Gasteiger partial charge in [0, 0.05) is 30.6 Å². The van der Waals surface area contributed by atoms with Gasteiger partial charge in [0.1, 0.15) is 17.7 Å². The number of ether oxygens (including phenoxy) is 3. The first-order valence-corrected chi connectivity index (χ1v) is 14.0. The van der Waals surface area contributed by atoms with Gasteiger partial charge in [-0.1, -0.05) is 12.1 Å². The molecule has 0 saturated carbocycles. The average molecular weight is 545 g/mol. The predicted molar refractivity (Wildman–Crippen MR) is 134 cm³/mol. The molecule has 0 radical (unpaired) electrons. The Balaban J connectivity index is 1.42. The molecule has 6 rings (SSSR count). The summed E-state index contributed by atoms with van der Waals surface area (Å²) in [4.78, 5) is 4.43. The molecule has 4 aromatic rings. The summed E-state index contributed by atoms with van der Waals surface area (Å²) in [5.74, 6) is -1.38. The molecule has 11 heteroatoms. The molecule has 0 spiro atoms. The van der Waals surface area contributed by atoms with E-state index in [9.17, 15) is 17.2 Å². The molecule has 1 aromatic heterocycles. The van der Waals surface area contributed by atoms with Gasteiger partial charge in [-0.05, 0) is 42.5 Å². The lowest BCUT2D eigenvalue weighted by molar-refractivity contribution is 0.137.